The summed E-state index contributed by atoms with van der Waals surface area (Å²) in [4.78, 5) is 21.0. The van der Waals surface area contributed by atoms with E-state index in [2.05, 4.69) is 10.5 Å². The van der Waals surface area contributed by atoms with Crippen LogP contribution in [0.4, 0.5) is 17.1 Å². The molecule has 0 aliphatic rings. The van der Waals surface area contributed by atoms with Crippen LogP contribution in [-0.4, -0.2) is 29.8 Å². The summed E-state index contributed by atoms with van der Waals surface area (Å²) in [7, 11) is 1.40. The number of rotatable bonds is 9. The molecular formula is C17H18N4O6. The first-order valence-electron chi connectivity index (χ1n) is 7.99. The fourth-order valence-corrected chi connectivity index (χ4v) is 2.18. The molecule has 0 bridgehead atoms. The topological polar surface area (TPSA) is 129 Å². The van der Waals surface area contributed by atoms with Crippen LogP contribution in [0.5, 0.6) is 11.5 Å². The third kappa shape index (κ3) is 5.14. The second-order valence-electron chi connectivity index (χ2n) is 5.34. The van der Waals surface area contributed by atoms with Crippen molar-refractivity contribution in [1.82, 2.24) is 0 Å². The molecule has 2 aromatic carbocycles. The van der Waals surface area contributed by atoms with Crippen LogP contribution in [0, 0.1) is 20.2 Å². The van der Waals surface area contributed by atoms with Gasteiger partial charge in [-0.15, -0.1) is 0 Å². The fourth-order valence-electron chi connectivity index (χ4n) is 2.18. The largest absolute Gasteiger partial charge is 0.493 e. The molecule has 0 fully saturated rings. The molecule has 0 saturated carbocycles. The van der Waals surface area contributed by atoms with Crippen molar-refractivity contribution in [2.75, 3.05) is 19.1 Å². The smallest absolute Gasteiger partial charge is 0.282 e. The molecule has 0 atom stereocenters. The first-order valence-corrected chi connectivity index (χ1v) is 7.99. The third-order valence-electron chi connectivity index (χ3n) is 3.43. The van der Waals surface area contributed by atoms with Gasteiger partial charge in [0.2, 0.25) is 0 Å². The van der Waals surface area contributed by atoms with Gasteiger partial charge in [0.15, 0.2) is 11.5 Å². The average molecular weight is 374 g/mol. The monoisotopic (exact) mass is 374 g/mol. The van der Waals surface area contributed by atoms with Gasteiger partial charge in [0.1, 0.15) is 0 Å². The van der Waals surface area contributed by atoms with Gasteiger partial charge in [-0.2, -0.15) is 5.10 Å². The van der Waals surface area contributed by atoms with Gasteiger partial charge >= 0.3 is 0 Å². The Labute approximate surface area is 154 Å². The van der Waals surface area contributed by atoms with Crippen LogP contribution >= 0.6 is 0 Å². The van der Waals surface area contributed by atoms with Gasteiger partial charge < -0.3 is 9.47 Å². The second-order valence-corrected chi connectivity index (χ2v) is 5.34. The van der Waals surface area contributed by atoms with Gasteiger partial charge in [-0.3, -0.25) is 25.7 Å². The lowest BCUT2D eigenvalue weighted by Gasteiger charge is -2.11. The van der Waals surface area contributed by atoms with E-state index in [9.17, 15) is 20.2 Å². The molecule has 142 valence electrons. The van der Waals surface area contributed by atoms with Crippen LogP contribution in [0.15, 0.2) is 41.5 Å². The summed E-state index contributed by atoms with van der Waals surface area (Å²) in [6.07, 6.45) is 2.01. The fraction of sp³-hybridized carbons (Fsp3) is 0.235. The number of hydrogen-bond donors (Lipinski definition) is 1. The van der Waals surface area contributed by atoms with Crippen molar-refractivity contribution in [3.8, 4) is 11.5 Å². The van der Waals surface area contributed by atoms with E-state index < -0.39 is 9.85 Å². The molecule has 0 aromatic heterocycles. The number of nitrogens with zero attached hydrogens (tertiary/aromatic N) is 3. The van der Waals surface area contributed by atoms with Gasteiger partial charge in [0.25, 0.3) is 11.4 Å². The molecule has 2 rings (SSSR count). The highest BCUT2D eigenvalue weighted by molar-refractivity contribution is 5.87. The predicted molar refractivity (Wildman–Crippen MR) is 99.7 cm³/mol. The minimum Gasteiger partial charge on any atom is -0.493 e. The molecule has 0 radical (unpaired) electrons. The lowest BCUT2D eigenvalue weighted by Crippen LogP contribution is -2.02. The number of ether oxygens (including phenoxy) is 2. The van der Waals surface area contributed by atoms with Crippen molar-refractivity contribution in [1.29, 1.82) is 0 Å². The summed E-state index contributed by atoms with van der Waals surface area (Å²) in [5.41, 5.74) is 2.88. The minimum atomic E-state index is -0.555. The normalized spacial score (nSPS) is 10.6. The molecule has 10 heteroatoms. The van der Waals surface area contributed by atoms with Crippen LogP contribution in [0.3, 0.4) is 0 Å². The molecule has 0 unspecified atom stereocenters. The molecule has 0 amide bonds. The third-order valence-corrected chi connectivity index (χ3v) is 3.43. The maximum Gasteiger partial charge on any atom is 0.282 e. The van der Waals surface area contributed by atoms with Gasteiger partial charge in [0, 0.05) is 12.1 Å². The summed E-state index contributed by atoms with van der Waals surface area (Å²) >= 11 is 0. The van der Waals surface area contributed by atoms with Crippen LogP contribution in [0.2, 0.25) is 0 Å². The van der Waals surface area contributed by atoms with E-state index in [1.807, 2.05) is 6.92 Å². The number of benzene rings is 2. The number of methoxy groups -OCH3 is 1. The summed E-state index contributed by atoms with van der Waals surface area (Å²) < 4.78 is 10.7. The number of hydrazone groups is 1. The van der Waals surface area contributed by atoms with Crippen LogP contribution < -0.4 is 14.9 Å². The van der Waals surface area contributed by atoms with Crippen molar-refractivity contribution in [3.05, 3.63) is 62.2 Å². The quantitative estimate of drug-likeness (QED) is 0.402. The highest BCUT2D eigenvalue weighted by Gasteiger charge is 2.18. The Balaban J connectivity index is 2.29. The van der Waals surface area contributed by atoms with Gasteiger partial charge in [-0.1, -0.05) is 13.0 Å². The first-order chi connectivity index (χ1) is 13.0. The summed E-state index contributed by atoms with van der Waals surface area (Å²) in [6, 6.07) is 8.46. The standard InChI is InChI=1S/C17H18N4O6/c1-3-7-27-17-8-12(15(21(24)25)10-16(17)26-2)11-18-19-13-5-4-6-14(9-13)20(22)23/h4-6,8-11,19H,3,7H2,1-2H3. The van der Waals surface area contributed by atoms with Crippen LogP contribution in [0.25, 0.3) is 0 Å². The maximum absolute atomic E-state index is 11.3. The molecule has 0 aliphatic heterocycles. The Hall–Kier alpha value is -3.69. The molecule has 27 heavy (non-hydrogen) atoms. The summed E-state index contributed by atoms with van der Waals surface area (Å²) in [6.45, 7) is 2.36. The van der Waals surface area contributed by atoms with Crippen molar-refractivity contribution >= 4 is 23.3 Å². The number of anilines is 1. The SMILES string of the molecule is CCCOc1cc(C=NNc2cccc([N+](=O)[O-])c2)c([N+](=O)[O-])cc1OC. The molecule has 0 saturated heterocycles. The molecule has 0 aliphatic carbocycles. The Morgan fingerprint density at radius 2 is 1.93 bits per heavy atom. The zero-order chi connectivity index (χ0) is 19.8. The van der Waals surface area contributed by atoms with E-state index in [0.717, 1.165) is 6.42 Å². The maximum atomic E-state index is 11.3. The minimum absolute atomic E-state index is 0.0964. The van der Waals surface area contributed by atoms with E-state index in [-0.39, 0.29) is 22.7 Å². The van der Waals surface area contributed by atoms with Crippen molar-refractivity contribution in [2.24, 2.45) is 5.10 Å². The summed E-state index contributed by atoms with van der Waals surface area (Å²) in [5.74, 6) is 0.612. The lowest BCUT2D eigenvalue weighted by atomic mass is 10.1. The van der Waals surface area contributed by atoms with Crippen LogP contribution in [0.1, 0.15) is 18.9 Å². The number of nitro groups is 2. The molecular weight excluding hydrogens is 356 g/mol. The molecule has 2 aromatic rings. The van der Waals surface area contributed by atoms with E-state index in [1.165, 1.54) is 43.7 Å². The average Bonchev–Trinajstić information content (AvgIpc) is 2.66. The highest BCUT2D eigenvalue weighted by atomic mass is 16.6. The molecule has 1 N–H and O–H groups in total. The Bertz CT molecular complexity index is 868. The second kappa shape index (κ2) is 9.13. The van der Waals surface area contributed by atoms with E-state index in [4.69, 9.17) is 9.47 Å². The van der Waals surface area contributed by atoms with Crippen molar-refractivity contribution < 1.29 is 19.3 Å². The van der Waals surface area contributed by atoms with Crippen molar-refractivity contribution in [3.63, 3.8) is 0 Å². The van der Waals surface area contributed by atoms with Gasteiger partial charge in [0.05, 0.1) is 47.1 Å². The van der Waals surface area contributed by atoms with E-state index in [0.29, 0.717) is 18.0 Å². The molecule has 10 nitrogen and oxygen atoms in total. The predicted octanol–water partition coefficient (Wildman–Crippen LogP) is 3.75. The molecule has 0 heterocycles. The summed E-state index contributed by atoms with van der Waals surface area (Å²) in [5, 5.41) is 26.0. The molecule has 0 spiro atoms. The highest BCUT2D eigenvalue weighted by Crippen LogP contribution is 2.34. The van der Waals surface area contributed by atoms with Crippen molar-refractivity contribution in [2.45, 2.75) is 13.3 Å². The van der Waals surface area contributed by atoms with E-state index in [1.54, 1.807) is 6.07 Å². The Morgan fingerprint density at radius 1 is 1.15 bits per heavy atom. The lowest BCUT2D eigenvalue weighted by molar-refractivity contribution is -0.385. The number of nitrogens with one attached hydrogen (secondary N) is 1. The first kappa shape index (κ1) is 19.6. The van der Waals surface area contributed by atoms with Gasteiger partial charge in [-0.25, -0.2) is 0 Å². The van der Waals surface area contributed by atoms with Crippen LogP contribution in [-0.2, 0) is 0 Å². The van der Waals surface area contributed by atoms with E-state index >= 15 is 0 Å². The Kier molecular flexibility index (Phi) is 6.64. The zero-order valence-corrected chi connectivity index (χ0v) is 14.7. The Morgan fingerprint density at radius 3 is 2.56 bits per heavy atom. The van der Waals surface area contributed by atoms with Gasteiger partial charge in [-0.05, 0) is 18.6 Å². The zero-order valence-electron chi connectivity index (χ0n) is 14.7. The number of non-ortho nitro benzene ring substituents is 1. The number of hydrogen-bond acceptors (Lipinski definition) is 8. The number of nitro benzene ring substituents is 2.